The van der Waals surface area contributed by atoms with Crippen LogP contribution in [-0.4, -0.2) is 25.3 Å². The molecule has 0 aliphatic rings. The maximum atomic E-state index is 11.7. The van der Waals surface area contributed by atoms with E-state index in [4.69, 9.17) is 9.47 Å². The number of ether oxygens (including phenoxy) is 2. The van der Waals surface area contributed by atoms with E-state index in [9.17, 15) is 4.79 Å². The Kier molecular flexibility index (Phi) is 8.82. The molecule has 1 amide bonds. The lowest BCUT2D eigenvalue weighted by atomic mass is 10.1. The first-order valence-electron chi connectivity index (χ1n) is 8.75. The number of amides is 1. The first kappa shape index (κ1) is 20.8. The third kappa shape index (κ3) is 9.60. The van der Waals surface area contributed by atoms with Gasteiger partial charge in [0.15, 0.2) is 0 Å². The number of unbranched alkanes of at least 4 members (excludes halogenated alkanes) is 1. The van der Waals surface area contributed by atoms with Gasteiger partial charge in [0.2, 0.25) is 0 Å². The summed E-state index contributed by atoms with van der Waals surface area (Å²) in [5.74, 6) is 0.888. The van der Waals surface area contributed by atoms with Crippen LogP contribution in [0.5, 0.6) is 5.75 Å². The fourth-order valence-electron chi connectivity index (χ4n) is 2.20. The Balaban J connectivity index is 0.00000625. The zero-order valence-corrected chi connectivity index (χ0v) is 16.1. The van der Waals surface area contributed by atoms with E-state index in [-0.39, 0.29) is 7.52 Å². The Bertz CT molecular complexity index is 586. The minimum atomic E-state index is -0.475. The fraction of sp³-hybridized carbons (Fsp3) is 0.476. The van der Waals surface area contributed by atoms with E-state index in [1.807, 2.05) is 45.9 Å². The van der Waals surface area contributed by atoms with Gasteiger partial charge >= 0.3 is 6.09 Å². The van der Waals surface area contributed by atoms with Crippen LogP contribution in [0.1, 0.15) is 47.5 Å². The molecule has 4 heteroatoms. The van der Waals surface area contributed by atoms with E-state index < -0.39 is 5.60 Å². The van der Waals surface area contributed by atoms with E-state index in [0.717, 1.165) is 30.6 Å². The Morgan fingerprint density at radius 2 is 1.92 bits per heavy atom. The Morgan fingerprint density at radius 1 is 1.24 bits per heavy atom. The highest BCUT2D eigenvalue weighted by molar-refractivity contribution is 5.68. The molecule has 0 saturated carbocycles. The minimum absolute atomic E-state index is 0. The molecule has 1 aromatic carbocycles. The van der Waals surface area contributed by atoms with Crippen molar-refractivity contribution in [2.45, 2.75) is 52.6 Å². The summed E-state index contributed by atoms with van der Waals surface area (Å²) in [5.41, 5.74) is 1.90. The highest BCUT2D eigenvalue weighted by Crippen LogP contribution is 2.13. The summed E-state index contributed by atoms with van der Waals surface area (Å²) < 4.78 is 10.4. The molecule has 25 heavy (non-hydrogen) atoms. The quantitative estimate of drug-likeness (QED) is 0.513. The maximum absolute atomic E-state index is 11.7. The summed E-state index contributed by atoms with van der Waals surface area (Å²) in [5, 5.41) is 2.78. The van der Waals surface area contributed by atoms with Crippen LogP contribution in [0.2, 0.25) is 0 Å². The molecular weight excluding hydrogens is 314 g/mol. The van der Waals surface area contributed by atoms with Crippen LogP contribution in [0.25, 0.3) is 0 Å². The number of hydrogen-bond donors (Lipinski definition) is 1. The predicted molar refractivity (Wildman–Crippen MR) is 105 cm³/mol. The molecule has 0 unspecified atom stereocenters. The second kappa shape index (κ2) is 10.6. The average molecular weight is 347 g/mol. The van der Waals surface area contributed by atoms with Gasteiger partial charge in [-0.1, -0.05) is 30.4 Å². The molecule has 0 aliphatic carbocycles. The van der Waals surface area contributed by atoms with Crippen molar-refractivity contribution in [3.63, 3.8) is 0 Å². The Morgan fingerprint density at radius 3 is 2.48 bits per heavy atom. The van der Waals surface area contributed by atoms with Crippen LogP contribution in [0.15, 0.2) is 48.1 Å². The zero-order chi connectivity index (χ0) is 18.7. The van der Waals surface area contributed by atoms with Gasteiger partial charge in [0.25, 0.3) is 0 Å². The van der Waals surface area contributed by atoms with E-state index in [1.165, 1.54) is 5.56 Å². The molecule has 4 nitrogen and oxygen atoms in total. The van der Waals surface area contributed by atoms with E-state index in [0.29, 0.717) is 6.54 Å². The molecule has 0 saturated heterocycles. The van der Waals surface area contributed by atoms with E-state index in [1.54, 1.807) is 7.11 Å². The molecule has 0 fully saturated rings. The van der Waals surface area contributed by atoms with Crippen LogP contribution in [-0.2, 0) is 11.2 Å². The SMILES string of the molecule is C/C=C(\C=C/CCCc1ccc(OC)cc1)CNC(=O)OC(C)(C)C.[HH]. The monoisotopic (exact) mass is 347 g/mol. The molecular formula is C21H33NO3. The fourth-order valence-corrected chi connectivity index (χ4v) is 2.20. The van der Waals surface area contributed by atoms with E-state index >= 15 is 0 Å². The molecule has 1 N–H and O–H groups in total. The third-order valence-corrected chi connectivity index (χ3v) is 3.53. The second-order valence-electron chi connectivity index (χ2n) is 6.86. The lowest BCUT2D eigenvalue weighted by Crippen LogP contribution is -2.33. The van der Waals surface area contributed by atoms with Crippen molar-refractivity contribution in [2.75, 3.05) is 13.7 Å². The molecule has 1 aromatic rings. The molecule has 0 spiro atoms. The number of hydrogen-bond acceptors (Lipinski definition) is 3. The van der Waals surface area contributed by atoms with Crippen molar-refractivity contribution in [2.24, 2.45) is 0 Å². The smallest absolute Gasteiger partial charge is 0.407 e. The molecule has 0 heterocycles. The summed E-state index contributed by atoms with van der Waals surface area (Å²) in [6.45, 7) is 8.00. The largest absolute Gasteiger partial charge is 0.497 e. The van der Waals surface area contributed by atoms with Gasteiger partial charge in [-0.15, -0.1) is 0 Å². The topological polar surface area (TPSA) is 47.6 Å². The highest BCUT2D eigenvalue weighted by atomic mass is 16.6. The van der Waals surface area contributed by atoms with Crippen molar-refractivity contribution >= 4 is 6.09 Å². The van der Waals surface area contributed by atoms with Gasteiger partial charge < -0.3 is 14.8 Å². The third-order valence-electron chi connectivity index (χ3n) is 3.53. The number of rotatable bonds is 8. The first-order chi connectivity index (χ1) is 11.8. The summed E-state index contributed by atoms with van der Waals surface area (Å²) in [6, 6.07) is 8.19. The van der Waals surface area contributed by atoms with Crippen LogP contribution in [0.4, 0.5) is 4.79 Å². The van der Waals surface area contributed by atoms with Gasteiger partial charge in [-0.25, -0.2) is 4.79 Å². The van der Waals surface area contributed by atoms with Gasteiger partial charge in [0, 0.05) is 7.97 Å². The number of nitrogens with one attached hydrogen (secondary N) is 1. The molecule has 0 aliphatic heterocycles. The number of carbonyl (C=O) groups is 1. The Labute approximate surface area is 153 Å². The standard InChI is InChI=1S/C21H31NO3.H2/c1-6-17(16-22-20(23)25-21(2,3)4)10-8-7-9-11-18-12-14-19(24-5)15-13-18;/h6,8,10,12-15H,7,9,11,16H2,1-5H3,(H,22,23);1H/b10-8-,17-6+;. The van der Waals surface area contributed by atoms with Crippen molar-refractivity contribution in [3.8, 4) is 5.75 Å². The summed E-state index contributed by atoms with van der Waals surface area (Å²) >= 11 is 0. The average Bonchev–Trinajstić information content (AvgIpc) is 2.56. The van der Waals surface area contributed by atoms with Crippen LogP contribution < -0.4 is 10.1 Å². The minimum Gasteiger partial charge on any atom is -0.497 e. The number of allylic oxidation sites excluding steroid dienone is 2. The highest BCUT2D eigenvalue weighted by Gasteiger charge is 2.15. The van der Waals surface area contributed by atoms with Crippen LogP contribution >= 0.6 is 0 Å². The predicted octanol–water partition coefficient (Wildman–Crippen LogP) is 5.29. The number of benzene rings is 1. The van der Waals surface area contributed by atoms with Gasteiger partial charge in [-0.05, 0) is 70.2 Å². The number of alkyl carbamates (subject to hydrolysis) is 1. The molecule has 0 radical (unpaired) electrons. The summed E-state index contributed by atoms with van der Waals surface area (Å²) in [7, 11) is 1.68. The van der Waals surface area contributed by atoms with Crippen LogP contribution in [0.3, 0.4) is 0 Å². The molecule has 0 aromatic heterocycles. The summed E-state index contributed by atoms with van der Waals surface area (Å²) in [6.07, 6.45) is 8.93. The van der Waals surface area contributed by atoms with Gasteiger partial charge in [-0.3, -0.25) is 0 Å². The number of carbonyl (C=O) groups excluding carboxylic acids is 1. The maximum Gasteiger partial charge on any atom is 0.407 e. The first-order valence-corrected chi connectivity index (χ1v) is 8.75. The molecule has 1 rings (SSSR count). The van der Waals surface area contributed by atoms with Gasteiger partial charge in [0.1, 0.15) is 11.4 Å². The van der Waals surface area contributed by atoms with Gasteiger partial charge in [0.05, 0.1) is 7.11 Å². The van der Waals surface area contributed by atoms with Crippen LogP contribution in [0, 0.1) is 0 Å². The number of methoxy groups -OCH3 is 1. The normalized spacial score (nSPS) is 12.3. The van der Waals surface area contributed by atoms with Crippen molar-refractivity contribution in [1.29, 1.82) is 0 Å². The molecule has 140 valence electrons. The lowest BCUT2D eigenvalue weighted by Gasteiger charge is -2.19. The second-order valence-corrected chi connectivity index (χ2v) is 6.86. The van der Waals surface area contributed by atoms with Crippen molar-refractivity contribution < 1.29 is 15.7 Å². The Hall–Kier alpha value is -2.23. The van der Waals surface area contributed by atoms with Crippen molar-refractivity contribution in [1.82, 2.24) is 5.32 Å². The zero-order valence-electron chi connectivity index (χ0n) is 16.1. The van der Waals surface area contributed by atoms with Crippen molar-refractivity contribution in [3.05, 3.63) is 53.6 Å². The molecule has 0 bridgehead atoms. The number of aryl methyl sites for hydroxylation is 1. The summed E-state index contributed by atoms with van der Waals surface area (Å²) in [4.78, 5) is 11.7. The van der Waals surface area contributed by atoms with Gasteiger partial charge in [-0.2, -0.15) is 0 Å². The lowest BCUT2D eigenvalue weighted by molar-refractivity contribution is 0.0533. The van der Waals surface area contributed by atoms with E-state index in [2.05, 4.69) is 29.6 Å². The molecule has 0 atom stereocenters.